The van der Waals surface area contributed by atoms with Gasteiger partial charge >= 0.3 is 5.76 Å². The van der Waals surface area contributed by atoms with Crippen molar-refractivity contribution in [3.8, 4) is 0 Å². The van der Waals surface area contributed by atoms with E-state index in [4.69, 9.17) is 4.42 Å². The minimum atomic E-state index is -0.557. The SMILES string of the molecule is O=C(Cn1c(=O)oc2ccccc21)Nc1cnc(N2CCCCC2)nc1. The highest BCUT2D eigenvalue weighted by molar-refractivity contribution is 5.91. The Morgan fingerprint density at radius 1 is 1.12 bits per heavy atom. The number of rotatable bonds is 4. The third kappa shape index (κ3) is 3.30. The minimum absolute atomic E-state index is 0.135. The number of para-hydroxylation sites is 2. The van der Waals surface area contributed by atoms with Gasteiger partial charge in [-0.2, -0.15) is 0 Å². The lowest BCUT2D eigenvalue weighted by Gasteiger charge is -2.26. The average molecular weight is 353 g/mol. The second kappa shape index (κ2) is 6.99. The molecular formula is C18H19N5O3. The molecule has 3 aromatic rings. The largest absolute Gasteiger partial charge is 0.420 e. The van der Waals surface area contributed by atoms with Gasteiger partial charge in [0.05, 0.1) is 23.6 Å². The molecule has 4 rings (SSSR count). The normalized spacial score (nSPS) is 14.5. The fourth-order valence-corrected chi connectivity index (χ4v) is 3.15. The van der Waals surface area contributed by atoms with Crippen LogP contribution < -0.4 is 16.0 Å². The van der Waals surface area contributed by atoms with Gasteiger partial charge in [-0.15, -0.1) is 0 Å². The Balaban J connectivity index is 1.44. The third-order valence-corrected chi connectivity index (χ3v) is 4.44. The molecule has 1 aliphatic rings. The molecule has 0 unspecified atom stereocenters. The summed E-state index contributed by atoms with van der Waals surface area (Å²) in [7, 11) is 0. The molecule has 1 N–H and O–H groups in total. The molecule has 3 heterocycles. The number of hydrogen-bond donors (Lipinski definition) is 1. The standard InChI is InChI=1S/C18H19N5O3/c24-16(12-23-14-6-2-3-7-15(14)26-18(23)25)21-13-10-19-17(20-11-13)22-8-4-1-5-9-22/h2-3,6-7,10-11H,1,4-5,8-9,12H2,(H,21,24). The first-order valence-electron chi connectivity index (χ1n) is 8.66. The van der Waals surface area contributed by atoms with E-state index in [1.165, 1.54) is 11.0 Å². The lowest BCUT2D eigenvalue weighted by Crippen LogP contribution is -2.31. The Bertz CT molecular complexity index is 970. The highest BCUT2D eigenvalue weighted by Gasteiger charge is 2.15. The summed E-state index contributed by atoms with van der Waals surface area (Å²) >= 11 is 0. The first-order valence-corrected chi connectivity index (χ1v) is 8.66. The summed E-state index contributed by atoms with van der Waals surface area (Å²) in [6, 6.07) is 7.00. The number of nitrogens with zero attached hydrogens (tertiary/aromatic N) is 4. The zero-order valence-electron chi connectivity index (χ0n) is 14.2. The van der Waals surface area contributed by atoms with E-state index in [2.05, 4.69) is 20.2 Å². The topological polar surface area (TPSA) is 93.3 Å². The van der Waals surface area contributed by atoms with Crippen molar-refractivity contribution in [2.24, 2.45) is 0 Å². The highest BCUT2D eigenvalue weighted by Crippen LogP contribution is 2.16. The average Bonchev–Trinajstić information content (AvgIpc) is 2.98. The number of carbonyl (C=O) groups excluding carboxylic acids is 1. The number of aromatic nitrogens is 3. The Kier molecular flexibility index (Phi) is 4.39. The molecule has 0 atom stereocenters. The highest BCUT2D eigenvalue weighted by atomic mass is 16.4. The van der Waals surface area contributed by atoms with Crippen LogP contribution in [0.15, 0.2) is 45.9 Å². The Morgan fingerprint density at radius 3 is 2.62 bits per heavy atom. The predicted octanol–water partition coefficient (Wildman–Crippen LogP) is 2.01. The number of anilines is 2. The summed E-state index contributed by atoms with van der Waals surface area (Å²) in [4.78, 5) is 35.0. The second-order valence-corrected chi connectivity index (χ2v) is 6.29. The van der Waals surface area contributed by atoms with Crippen LogP contribution in [0.3, 0.4) is 0 Å². The van der Waals surface area contributed by atoms with Crippen LogP contribution in [-0.2, 0) is 11.3 Å². The van der Waals surface area contributed by atoms with E-state index in [0.717, 1.165) is 25.9 Å². The summed E-state index contributed by atoms with van der Waals surface area (Å²) in [5, 5.41) is 2.72. The van der Waals surface area contributed by atoms with E-state index in [1.807, 2.05) is 0 Å². The number of fused-ring (bicyclic) bond motifs is 1. The summed E-state index contributed by atoms with van der Waals surface area (Å²) in [6.07, 6.45) is 6.72. The third-order valence-electron chi connectivity index (χ3n) is 4.44. The molecule has 1 saturated heterocycles. The molecule has 8 nitrogen and oxygen atoms in total. The van der Waals surface area contributed by atoms with Crippen LogP contribution in [0.4, 0.5) is 11.6 Å². The molecule has 26 heavy (non-hydrogen) atoms. The van der Waals surface area contributed by atoms with Crippen molar-refractivity contribution < 1.29 is 9.21 Å². The zero-order chi connectivity index (χ0) is 17.9. The smallest absolute Gasteiger partial charge is 0.408 e. The molecule has 0 radical (unpaired) electrons. The molecule has 0 spiro atoms. The Labute approximate surface area is 149 Å². The molecule has 1 fully saturated rings. The maximum Gasteiger partial charge on any atom is 0.420 e. The number of benzene rings is 1. The number of hydrogen-bond acceptors (Lipinski definition) is 6. The van der Waals surface area contributed by atoms with Gasteiger partial charge in [0.15, 0.2) is 5.58 Å². The van der Waals surface area contributed by atoms with E-state index < -0.39 is 5.76 Å². The van der Waals surface area contributed by atoms with E-state index in [0.29, 0.717) is 22.7 Å². The fourth-order valence-electron chi connectivity index (χ4n) is 3.15. The van der Waals surface area contributed by atoms with Gasteiger partial charge in [0.2, 0.25) is 11.9 Å². The second-order valence-electron chi connectivity index (χ2n) is 6.29. The Hall–Kier alpha value is -3.16. The van der Waals surface area contributed by atoms with Gasteiger partial charge in [-0.05, 0) is 31.4 Å². The molecule has 0 bridgehead atoms. The van der Waals surface area contributed by atoms with Crippen molar-refractivity contribution in [1.82, 2.24) is 14.5 Å². The van der Waals surface area contributed by atoms with Gasteiger partial charge < -0.3 is 14.6 Å². The van der Waals surface area contributed by atoms with Crippen LogP contribution in [0.5, 0.6) is 0 Å². The molecular weight excluding hydrogens is 334 g/mol. The lowest BCUT2D eigenvalue weighted by atomic mass is 10.1. The zero-order valence-corrected chi connectivity index (χ0v) is 14.2. The number of oxazole rings is 1. The van der Waals surface area contributed by atoms with Crippen molar-refractivity contribution in [3.05, 3.63) is 47.2 Å². The molecule has 1 aliphatic heterocycles. The van der Waals surface area contributed by atoms with E-state index in [-0.39, 0.29) is 12.5 Å². The number of carbonyl (C=O) groups is 1. The Morgan fingerprint density at radius 2 is 1.85 bits per heavy atom. The first kappa shape index (κ1) is 16.3. The lowest BCUT2D eigenvalue weighted by molar-refractivity contribution is -0.116. The van der Waals surface area contributed by atoms with Gasteiger partial charge in [0.1, 0.15) is 6.54 Å². The van der Waals surface area contributed by atoms with Gasteiger partial charge in [0.25, 0.3) is 0 Å². The maximum absolute atomic E-state index is 12.3. The van der Waals surface area contributed by atoms with Gasteiger partial charge in [-0.1, -0.05) is 12.1 Å². The quantitative estimate of drug-likeness (QED) is 0.771. The number of nitrogens with one attached hydrogen (secondary N) is 1. The molecule has 0 aliphatic carbocycles. The summed E-state index contributed by atoms with van der Waals surface area (Å²) in [5.41, 5.74) is 1.54. The number of amides is 1. The van der Waals surface area contributed by atoms with Crippen LogP contribution in [0.2, 0.25) is 0 Å². The van der Waals surface area contributed by atoms with Crippen molar-refractivity contribution in [1.29, 1.82) is 0 Å². The van der Waals surface area contributed by atoms with Gasteiger partial charge in [-0.25, -0.2) is 14.8 Å². The van der Waals surface area contributed by atoms with Crippen LogP contribution in [-0.4, -0.2) is 33.5 Å². The summed E-state index contributed by atoms with van der Waals surface area (Å²) in [6.45, 7) is 1.79. The van der Waals surface area contributed by atoms with Crippen LogP contribution >= 0.6 is 0 Å². The first-order chi connectivity index (χ1) is 12.7. The molecule has 134 valence electrons. The summed E-state index contributed by atoms with van der Waals surface area (Å²) in [5.74, 6) is -0.217. The van der Waals surface area contributed by atoms with Crippen molar-refractivity contribution in [2.45, 2.75) is 25.8 Å². The van der Waals surface area contributed by atoms with Gasteiger partial charge in [-0.3, -0.25) is 9.36 Å². The van der Waals surface area contributed by atoms with Crippen LogP contribution in [0, 0.1) is 0 Å². The molecule has 1 amide bonds. The van der Waals surface area contributed by atoms with Crippen molar-refractivity contribution in [2.75, 3.05) is 23.3 Å². The van der Waals surface area contributed by atoms with E-state index in [1.54, 1.807) is 36.7 Å². The van der Waals surface area contributed by atoms with Crippen molar-refractivity contribution >= 4 is 28.6 Å². The van der Waals surface area contributed by atoms with Gasteiger partial charge in [0, 0.05) is 13.1 Å². The maximum atomic E-state index is 12.3. The fraction of sp³-hybridized carbons (Fsp3) is 0.333. The predicted molar refractivity (Wildman–Crippen MR) is 97.2 cm³/mol. The van der Waals surface area contributed by atoms with Crippen LogP contribution in [0.1, 0.15) is 19.3 Å². The molecule has 2 aromatic heterocycles. The van der Waals surface area contributed by atoms with E-state index in [9.17, 15) is 9.59 Å². The number of piperidine rings is 1. The minimum Gasteiger partial charge on any atom is -0.408 e. The molecule has 8 heteroatoms. The summed E-state index contributed by atoms with van der Waals surface area (Å²) < 4.78 is 6.43. The monoisotopic (exact) mass is 353 g/mol. The van der Waals surface area contributed by atoms with E-state index >= 15 is 0 Å². The van der Waals surface area contributed by atoms with Crippen molar-refractivity contribution in [3.63, 3.8) is 0 Å². The molecule has 1 aromatic carbocycles. The molecule has 0 saturated carbocycles. The van der Waals surface area contributed by atoms with Crippen LogP contribution in [0.25, 0.3) is 11.1 Å².